The van der Waals surface area contributed by atoms with Crippen molar-refractivity contribution in [3.8, 4) is 22.6 Å². The summed E-state index contributed by atoms with van der Waals surface area (Å²) in [6.07, 6.45) is 13.0. The maximum atomic E-state index is 13.3. The number of hydrogen-bond donors (Lipinski definition) is 1. The zero-order chi connectivity index (χ0) is 41.8. The number of rotatable bonds is 17. The van der Waals surface area contributed by atoms with Crippen LogP contribution in [0.25, 0.3) is 21.9 Å². The molecule has 2 fully saturated rings. The van der Waals surface area contributed by atoms with Crippen molar-refractivity contribution < 1.29 is 33.4 Å². The van der Waals surface area contributed by atoms with Crippen molar-refractivity contribution in [3.05, 3.63) is 87.6 Å². The number of nitrogens with zero attached hydrogens (tertiary/aromatic N) is 5. The molecular formula is C45H52N6O8. The molecule has 0 saturated carbocycles. The lowest BCUT2D eigenvalue weighted by Gasteiger charge is -2.40. The molecule has 14 nitrogen and oxygen atoms in total. The molecule has 59 heavy (non-hydrogen) atoms. The normalized spacial score (nSPS) is 16.9. The Bertz CT molecular complexity index is 2330. The third kappa shape index (κ3) is 8.49. The van der Waals surface area contributed by atoms with Gasteiger partial charge in [-0.1, -0.05) is 44.2 Å². The number of aromatic nitrogens is 2. The van der Waals surface area contributed by atoms with Gasteiger partial charge in [0, 0.05) is 70.8 Å². The number of carbonyl (C=O) groups excluding carboxylic acids is 5. The molecule has 1 unspecified atom stereocenters. The lowest BCUT2D eigenvalue weighted by molar-refractivity contribution is -0.140. The molecule has 1 N–H and O–H groups in total. The van der Waals surface area contributed by atoms with Gasteiger partial charge in [0.1, 0.15) is 17.5 Å². The van der Waals surface area contributed by atoms with Crippen molar-refractivity contribution in [1.29, 1.82) is 0 Å². The molecule has 3 aliphatic heterocycles. The lowest BCUT2D eigenvalue weighted by atomic mass is 9.95. The average molecular weight is 805 g/mol. The fraction of sp³-hybridized carbons (Fsp3) is 0.444. The number of carbonyl (C=O) groups is 5. The van der Waals surface area contributed by atoms with E-state index in [1.807, 2.05) is 42.4 Å². The minimum absolute atomic E-state index is 0.0541. The van der Waals surface area contributed by atoms with Crippen LogP contribution in [0.1, 0.15) is 89.6 Å². The van der Waals surface area contributed by atoms with Gasteiger partial charge >= 0.3 is 0 Å². The summed E-state index contributed by atoms with van der Waals surface area (Å²) in [5, 5.41) is 3.58. The highest BCUT2D eigenvalue weighted by atomic mass is 16.5. The average Bonchev–Trinajstić information content (AvgIpc) is 3.48. The highest BCUT2D eigenvalue weighted by Gasteiger charge is 2.45. The molecule has 2 saturated heterocycles. The van der Waals surface area contributed by atoms with Gasteiger partial charge in [-0.05, 0) is 66.5 Å². The predicted octanol–water partition coefficient (Wildman–Crippen LogP) is 4.88. The second-order valence-electron chi connectivity index (χ2n) is 15.9. The van der Waals surface area contributed by atoms with Gasteiger partial charge < -0.3 is 18.9 Å². The minimum Gasteiger partial charge on any atom is -0.496 e. The third-order valence-corrected chi connectivity index (χ3v) is 12.0. The van der Waals surface area contributed by atoms with Crippen molar-refractivity contribution in [1.82, 2.24) is 29.6 Å². The Morgan fingerprint density at radius 3 is 2.27 bits per heavy atom. The van der Waals surface area contributed by atoms with Crippen molar-refractivity contribution in [2.75, 3.05) is 40.9 Å². The number of piperidine rings is 1. The Kier molecular flexibility index (Phi) is 12.5. The summed E-state index contributed by atoms with van der Waals surface area (Å²) in [4.78, 5) is 85.8. The second kappa shape index (κ2) is 17.9. The maximum Gasteiger partial charge on any atom is 0.262 e. The molecule has 0 radical (unpaired) electrons. The van der Waals surface area contributed by atoms with E-state index in [0.717, 1.165) is 84.0 Å². The highest BCUT2D eigenvalue weighted by Crippen LogP contribution is 2.39. The number of nitrogens with one attached hydrogen (secondary N) is 1. The van der Waals surface area contributed by atoms with E-state index < -0.39 is 29.7 Å². The number of benzene rings is 2. The van der Waals surface area contributed by atoms with Gasteiger partial charge in [0.15, 0.2) is 0 Å². The zero-order valence-corrected chi connectivity index (χ0v) is 34.3. The summed E-state index contributed by atoms with van der Waals surface area (Å²) in [6, 6.07) is 10.1. The van der Waals surface area contributed by atoms with Crippen molar-refractivity contribution in [2.45, 2.75) is 76.8 Å². The molecule has 0 bridgehead atoms. The van der Waals surface area contributed by atoms with Gasteiger partial charge in [-0.25, -0.2) is 0 Å². The Morgan fingerprint density at radius 1 is 0.881 bits per heavy atom. The molecule has 5 heterocycles. The summed E-state index contributed by atoms with van der Waals surface area (Å²) in [5.74, 6) is -0.459. The van der Waals surface area contributed by atoms with E-state index in [1.54, 1.807) is 50.4 Å². The van der Waals surface area contributed by atoms with E-state index >= 15 is 0 Å². The molecule has 310 valence electrons. The lowest BCUT2D eigenvalue weighted by Crippen LogP contribution is -2.54. The topological polar surface area (TPSA) is 160 Å². The Hall–Kier alpha value is -5.89. The van der Waals surface area contributed by atoms with Gasteiger partial charge in [0.2, 0.25) is 17.7 Å². The summed E-state index contributed by atoms with van der Waals surface area (Å²) in [5.41, 5.74) is 4.05. The van der Waals surface area contributed by atoms with Gasteiger partial charge in [0.05, 0.1) is 42.2 Å². The predicted molar refractivity (Wildman–Crippen MR) is 221 cm³/mol. The van der Waals surface area contributed by atoms with Crippen molar-refractivity contribution >= 4 is 40.3 Å². The third-order valence-electron chi connectivity index (χ3n) is 12.0. The van der Waals surface area contributed by atoms with Crippen LogP contribution in [0.2, 0.25) is 0 Å². The largest absolute Gasteiger partial charge is 0.496 e. The van der Waals surface area contributed by atoms with Gasteiger partial charge in [-0.2, -0.15) is 0 Å². The van der Waals surface area contributed by atoms with E-state index in [4.69, 9.17) is 9.47 Å². The van der Waals surface area contributed by atoms with Gasteiger partial charge in [-0.15, -0.1) is 0 Å². The van der Waals surface area contributed by atoms with Crippen LogP contribution in [0.3, 0.4) is 0 Å². The number of unbranched alkanes of at least 4 members (excludes halogenated alkanes) is 6. The quantitative estimate of drug-likeness (QED) is 0.115. The Labute approximate surface area is 343 Å². The number of methoxy groups -OCH3 is 2. The Morgan fingerprint density at radius 2 is 1.58 bits per heavy atom. The van der Waals surface area contributed by atoms with Crippen LogP contribution >= 0.6 is 0 Å². The first-order valence-corrected chi connectivity index (χ1v) is 20.5. The minimum atomic E-state index is -0.965. The first kappa shape index (κ1) is 41.3. The van der Waals surface area contributed by atoms with Crippen molar-refractivity contribution in [2.24, 2.45) is 13.0 Å². The van der Waals surface area contributed by atoms with Crippen LogP contribution in [0.15, 0.2) is 59.8 Å². The molecule has 14 heteroatoms. The molecule has 7 rings (SSSR count). The SMILES string of the molecule is COc1cc(-c2cn(C)c(=O)c3cnccc23)cc(OC)c1CN1CC(C(=O)N(C)CCCCCCCCCc2cccc3c2C(=O)N(C2CCC(=O)NC2=O)C3=O)C1. The molecule has 5 amide bonds. The van der Waals surface area contributed by atoms with Crippen LogP contribution in [0.5, 0.6) is 11.5 Å². The molecule has 4 aromatic rings. The maximum absolute atomic E-state index is 13.3. The summed E-state index contributed by atoms with van der Waals surface area (Å²) < 4.78 is 13.3. The summed E-state index contributed by atoms with van der Waals surface area (Å²) in [6.45, 7) is 2.61. The summed E-state index contributed by atoms with van der Waals surface area (Å²) >= 11 is 0. The number of hydrogen-bond acceptors (Lipinski definition) is 10. The van der Waals surface area contributed by atoms with Crippen LogP contribution in [-0.4, -0.2) is 101 Å². The molecular weight excluding hydrogens is 753 g/mol. The Balaban J connectivity index is 0.816. The number of aryl methyl sites for hydroxylation is 2. The first-order chi connectivity index (χ1) is 28.5. The van der Waals surface area contributed by atoms with Crippen LogP contribution < -0.4 is 20.3 Å². The van der Waals surface area contributed by atoms with E-state index in [9.17, 15) is 28.8 Å². The molecule has 1 atom stereocenters. The number of amides is 5. The van der Waals surface area contributed by atoms with Crippen molar-refractivity contribution in [3.63, 3.8) is 0 Å². The number of pyridine rings is 2. The number of likely N-dealkylation sites (tertiary alicyclic amines) is 1. The second-order valence-corrected chi connectivity index (χ2v) is 15.9. The molecule has 2 aromatic carbocycles. The molecule has 3 aliphatic rings. The standard InChI is InChI=1S/C45H52N6O8/c1-48(20-11-9-7-5-6-8-10-13-28-14-12-15-32-40(28)45(57)51(44(32)56)36-16-17-39(52)47-41(36)53)42(54)30-24-50(25-30)27-35-37(58-3)21-29(22-38(35)59-4)34-26-49(2)43(55)33-23-46-19-18-31(33)34/h12,14-15,18-19,21-23,26,30,36H,5-11,13,16-17,20,24-25,27H2,1-4H3,(H,47,52,53). The molecule has 2 aromatic heterocycles. The smallest absolute Gasteiger partial charge is 0.262 e. The van der Waals surface area contributed by atoms with Crippen LogP contribution in [0, 0.1) is 5.92 Å². The monoisotopic (exact) mass is 804 g/mol. The van der Waals surface area contributed by atoms with Crippen LogP contribution in [-0.2, 0) is 34.4 Å². The number of fused-ring (bicyclic) bond motifs is 2. The van der Waals surface area contributed by atoms with E-state index in [-0.39, 0.29) is 30.2 Å². The summed E-state index contributed by atoms with van der Waals surface area (Å²) in [7, 11) is 6.88. The molecule has 0 aliphatic carbocycles. The van der Waals surface area contributed by atoms with E-state index in [1.165, 1.54) is 0 Å². The van der Waals surface area contributed by atoms with Crippen LogP contribution in [0.4, 0.5) is 0 Å². The van der Waals surface area contributed by atoms with Gasteiger partial charge in [-0.3, -0.25) is 48.9 Å². The number of ether oxygens (including phenoxy) is 2. The fourth-order valence-corrected chi connectivity index (χ4v) is 8.68. The fourth-order valence-electron chi connectivity index (χ4n) is 8.68. The number of imide groups is 2. The van der Waals surface area contributed by atoms with Gasteiger partial charge in [0.25, 0.3) is 17.4 Å². The highest BCUT2D eigenvalue weighted by molar-refractivity contribution is 6.24. The van der Waals surface area contributed by atoms with E-state index in [2.05, 4.69) is 15.2 Å². The van der Waals surface area contributed by atoms with E-state index in [0.29, 0.717) is 54.1 Å². The first-order valence-electron chi connectivity index (χ1n) is 20.5. The molecule has 0 spiro atoms. The zero-order valence-electron chi connectivity index (χ0n) is 34.3.